The van der Waals surface area contributed by atoms with Crippen molar-refractivity contribution in [1.82, 2.24) is 10.2 Å². The van der Waals surface area contributed by atoms with Gasteiger partial charge in [0.2, 0.25) is 0 Å². The molecule has 24 heavy (non-hydrogen) atoms. The quantitative estimate of drug-likeness (QED) is 0.775. The van der Waals surface area contributed by atoms with Crippen molar-refractivity contribution in [3.8, 4) is 0 Å². The Kier molecular flexibility index (Phi) is 4.69. The fourth-order valence-corrected chi connectivity index (χ4v) is 4.48. The first-order valence-corrected chi connectivity index (χ1v) is 9.33. The smallest absolute Gasteiger partial charge is 0.123 e. The van der Waals surface area contributed by atoms with E-state index in [1.54, 1.807) is 23.9 Å². The first kappa shape index (κ1) is 15.9. The Bertz CT molecular complexity index is 766. The van der Waals surface area contributed by atoms with Crippen LogP contribution in [-0.4, -0.2) is 37.6 Å². The molecule has 2 aliphatic rings. The van der Waals surface area contributed by atoms with Gasteiger partial charge in [0, 0.05) is 42.5 Å². The largest absolute Gasteiger partial charge is 0.314 e. The lowest BCUT2D eigenvalue weighted by Crippen LogP contribution is -2.43. The summed E-state index contributed by atoms with van der Waals surface area (Å²) in [4.78, 5) is 4.89. The summed E-state index contributed by atoms with van der Waals surface area (Å²) in [5.41, 5.74) is 3.42. The van der Waals surface area contributed by atoms with Crippen LogP contribution in [-0.2, 0) is 0 Å². The van der Waals surface area contributed by atoms with Crippen LogP contribution in [0.15, 0.2) is 58.3 Å². The van der Waals surface area contributed by atoms with Gasteiger partial charge in [0.25, 0.3) is 0 Å². The molecular weight excluding hydrogens is 319 g/mol. The zero-order valence-corrected chi connectivity index (χ0v) is 14.4. The Morgan fingerprint density at radius 3 is 2.71 bits per heavy atom. The van der Waals surface area contributed by atoms with Gasteiger partial charge < -0.3 is 10.2 Å². The number of hydrogen-bond acceptors (Lipinski definition) is 3. The second-order valence-corrected chi connectivity index (χ2v) is 7.32. The van der Waals surface area contributed by atoms with Crippen LogP contribution < -0.4 is 5.32 Å². The van der Waals surface area contributed by atoms with Crippen molar-refractivity contribution in [3.63, 3.8) is 0 Å². The lowest BCUT2D eigenvalue weighted by molar-refractivity contribution is 0.245. The van der Waals surface area contributed by atoms with Gasteiger partial charge in [-0.25, -0.2) is 4.39 Å². The molecule has 2 aliphatic heterocycles. The number of nitrogens with one attached hydrogen (secondary N) is 1. The molecular formula is C20H21FN2S. The molecule has 0 aliphatic carbocycles. The molecule has 0 radical (unpaired) electrons. The first-order chi connectivity index (χ1) is 11.8. The normalized spacial score (nSPS) is 19.1. The fraction of sp³-hybridized carbons (Fsp3) is 0.300. The Morgan fingerprint density at radius 1 is 1.04 bits per heavy atom. The first-order valence-electron chi connectivity index (χ1n) is 8.52. The van der Waals surface area contributed by atoms with Crippen LogP contribution >= 0.6 is 11.8 Å². The average Bonchev–Trinajstić information content (AvgIpc) is 2.62. The number of benzene rings is 2. The number of piperazine rings is 1. The van der Waals surface area contributed by atoms with Gasteiger partial charge in [-0.3, -0.25) is 0 Å². The average molecular weight is 340 g/mol. The van der Waals surface area contributed by atoms with Crippen molar-refractivity contribution >= 4 is 17.3 Å². The summed E-state index contributed by atoms with van der Waals surface area (Å²) >= 11 is 1.73. The molecule has 1 N–H and O–H groups in total. The zero-order chi connectivity index (χ0) is 16.4. The molecule has 4 heteroatoms. The SMILES string of the molecule is Fc1ccc2c(c1)/C(=C\CCN1CCNCC1)c1ccccc1S2. The van der Waals surface area contributed by atoms with Crippen LogP contribution in [0.5, 0.6) is 0 Å². The van der Waals surface area contributed by atoms with Crippen molar-refractivity contribution in [3.05, 3.63) is 65.5 Å². The molecule has 2 heterocycles. The van der Waals surface area contributed by atoms with Gasteiger partial charge in [0.15, 0.2) is 0 Å². The minimum absolute atomic E-state index is 0.165. The second kappa shape index (κ2) is 7.09. The highest BCUT2D eigenvalue weighted by molar-refractivity contribution is 7.99. The summed E-state index contributed by atoms with van der Waals surface area (Å²) in [6, 6.07) is 13.6. The van der Waals surface area contributed by atoms with Crippen LogP contribution in [0.2, 0.25) is 0 Å². The fourth-order valence-electron chi connectivity index (χ4n) is 3.39. The lowest BCUT2D eigenvalue weighted by atomic mass is 9.96. The van der Waals surface area contributed by atoms with Crippen LogP contribution in [0.3, 0.4) is 0 Å². The van der Waals surface area contributed by atoms with Crippen LogP contribution in [0, 0.1) is 5.82 Å². The highest BCUT2D eigenvalue weighted by Crippen LogP contribution is 2.45. The Balaban J connectivity index is 1.63. The van der Waals surface area contributed by atoms with Crippen molar-refractivity contribution in [2.75, 3.05) is 32.7 Å². The van der Waals surface area contributed by atoms with Crippen molar-refractivity contribution in [1.29, 1.82) is 0 Å². The summed E-state index contributed by atoms with van der Waals surface area (Å²) in [6.45, 7) is 5.43. The predicted octanol–water partition coefficient (Wildman–Crippen LogP) is 4.02. The maximum absolute atomic E-state index is 13.8. The van der Waals surface area contributed by atoms with E-state index in [2.05, 4.69) is 40.6 Å². The van der Waals surface area contributed by atoms with Crippen LogP contribution in [0.4, 0.5) is 4.39 Å². The maximum Gasteiger partial charge on any atom is 0.123 e. The molecule has 2 nitrogen and oxygen atoms in total. The van der Waals surface area contributed by atoms with Gasteiger partial charge in [0.05, 0.1) is 0 Å². The number of hydrogen-bond donors (Lipinski definition) is 1. The molecule has 0 saturated carbocycles. The Morgan fingerprint density at radius 2 is 1.83 bits per heavy atom. The molecule has 0 unspecified atom stereocenters. The lowest BCUT2D eigenvalue weighted by Gasteiger charge is -2.27. The van der Waals surface area contributed by atoms with Gasteiger partial charge in [-0.2, -0.15) is 0 Å². The third kappa shape index (κ3) is 3.27. The van der Waals surface area contributed by atoms with E-state index in [1.807, 2.05) is 6.07 Å². The third-order valence-corrected chi connectivity index (χ3v) is 5.78. The summed E-state index contributed by atoms with van der Waals surface area (Å²) in [5.74, 6) is -0.165. The molecule has 4 rings (SSSR count). The summed E-state index contributed by atoms with van der Waals surface area (Å²) in [5, 5.41) is 3.39. The van der Waals surface area contributed by atoms with Gasteiger partial charge in [-0.15, -0.1) is 0 Å². The standard InChI is InChI=1S/C20H21FN2S/c21-15-7-8-20-18(14-15)16(17-4-1-2-6-19(17)24-20)5-3-11-23-12-9-22-10-13-23/h1-2,4-8,14,22H,3,9-13H2/b16-5-. The van der Waals surface area contributed by atoms with E-state index < -0.39 is 0 Å². The van der Waals surface area contributed by atoms with Gasteiger partial charge in [-0.05, 0) is 47.4 Å². The summed E-state index contributed by atoms with van der Waals surface area (Å²) in [7, 11) is 0. The molecule has 0 bridgehead atoms. The van der Waals surface area contributed by atoms with Crippen molar-refractivity contribution in [2.45, 2.75) is 16.2 Å². The van der Waals surface area contributed by atoms with E-state index in [9.17, 15) is 4.39 Å². The van der Waals surface area contributed by atoms with Crippen molar-refractivity contribution in [2.24, 2.45) is 0 Å². The Labute approximate surface area is 146 Å². The topological polar surface area (TPSA) is 15.3 Å². The van der Waals surface area contributed by atoms with E-state index in [0.29, 0.717) is 0 Å². The summed E-state index contributed by atoms with van der Waals surface area (Å²) < 4.78 is 13.8. The third-order valence-electron chi connectivity index (χ3n) is 4.63. The summed E-state index contributed by atoms with van der Waals surface area (Å²) in [6.07, 6.45) is 3.28. The van der Waals surface area contributed by atoms with E-state index in [-0.39, 0.29) is 5.82 Å². The zero-order valence-electron chi connectivity index (χ0n) is 13.6. The van der Waals surface area contributed by atoms with Crippen LogP contribution in [0.25, 0.3) is 5.57 Å². The number of halogens is 1. The number of rotatable bonds is 3. The minimum Gasteiger partial charge on any atom is -0.314 e. The molecule has 2 aromatic carbocycles. The molecule has 0 aromatic heterocycles. The van der Waals surface area contributed by atoms with Gasteiger partial charge in [-0.1, -0.05) is 36.0 Å². The maximum atomic E-state index is 13.8. The second-order valence-electron chi connectivity index (χ2n) is 6.24. The van der Waals surface area contributed by atoms with E-state index in [4.69, 9.17) is 0 Å². The molecule has 0 spiro atoms. The molecule has 2 aromatic rings. The molecule has 124 valence electrons. The van der Waals surface area contributed by atoms with Gasteiger partial charge >= 0.3 is 0 Å². The number of fused-ring (bicyclic) bond motifs is 2. The van der Waals surface area contributed by atoms with E-state index in [0.717, 1.165) is 49.6 Å². The monoisotopic (exact) mass is 340 g/mol. The van der Waals surface area contributed by atoms with E-state index >= 15 is 0 Å². The van der Waals surface area contributed by atoms with E-state index in [1.165, 1.54) is 16.0 Å². The minimum atomic E-state index is -0.165. The highest BCUT2D eigenvalue weighted by Gasteiger charge is 2.21. The molecule has 1 fully saturated rings. The Hall–Kier alpha value is -1.62. The van der Waals surface area contributed by atoms with Gasteiger partial charge in [0.1, 0.15) is 5.82 Å². The molecule has 0 atom stereocenters. The van der Waals surface area contributed by atoms with Crippen LogP contribution in [0.1, 0.15) is 17.5 Å². The highest BCUT2D eigenvalue weighted by atomic mass is 32.2. The number of nitrogens with zero attached hydrogens (tertiary/aromatic N) is 1. The predicted molar refractivity (Wildman–Crippen MR) is 98.0 cm³/mol. The molecule has 0 amide bonds. The van der Waals surface area contributed by atoms with Crippen molar-refractivity contribution < 1.29 is 4.39 Å². The molecule has 1 saturated heterocycles.